The lowest BCUT2D eigenvalue weighted by Crippen LogP contribution is -2.29. The minimum Gasteiger partial charge on any atom is -0.492 e. The molecule has 0 bridgehead atoms. The topological polar surface area (TPSA) is 43.5 Å². The lowest BCUT2D eigenvalue weighted by atomic mass is 9.86. The van der Waals surface area contributed by atoms with Crippen LogP contribution in [0.25, 0.3) is 0 Å². The standard InChI is InChI=1S/C15H19NO4/c1-15(7-20-15)11-9-4-5-16(2)6-10(9)12(17-3)14-13(11)18-8-19-14/h4-8H2,1-3H3/t15-/m1/s1. The van der Waals surface area contributed by atoms with Crippen LogP contribution < -0.4 is 14.2 Å². The second kappa shape index (κ2) is 4.02. The summed E-state index contributed by atoms with van der Waals surface area (Å²) in [5, 5.41) is 0. The summed E-state index contributed by atoms with van der Waals surface area (Å²) < 4.78 is 22.7. The first-order valence-corrected chi connectivity index (χ1v) is 6.98. The van der Waals surface area contributed by atoms with Crippen LogP contribution in [0.4, 0.5) is 0 Å². The Bertz CT molecular complexity index is 580. The van der Waals surface area contributed by atoms with Crippen molar-refractivity contribution in [3.63, 3.8) is 0 Å². The highest BCUT2D eigenvalue weighted by molar-refractivity contribution is 5.67. The van der Waals surface area contributed by atoms with Gasteiger partial charge in [0.25, 0.3) is 0 Å². The number of likely N-dealkylation sites (N-methyl/N-ethyl adjacent to an activating group) is 1. The van der Waals surface area contributed by atoms with Gasteiger partial charge in [-0.1, -0.05) is 0 Å². The molecule has 1 aromatic carbocycles. The summed E-state index contributed by atoms with van der Waals surface area (Å²) in [6.07, 6.45) is 0.993. The molecule has 5 nitrogen and oxygen atoms in total. The van der Waals surface area contributed by atoms with Crippen molar-refractivity contribution in [1.29, 1.82) is 0 Å². The van der Waals surface area contributed by atoms with Gasteiger partial charge in [0.1, 0.15) is 5.60 Å². The summed E-state index contributed by atoms with van der Waals surface area (Å²) in [6, 6.07) is 0. The number of nitrogens with zero attached hydrogens (tertiary/aromatic N) is 1. The van der Waals surface area contributed by atoms with E-state index in [1.54, 1.807) is 7.11 Å². The molecule has 0 N–H and O–H groups in total. The molecule has 1 fully saturated rings. The predicted molar refractivity (Wildman–Crippen MR) is 72.5 cm³/mol. The van der Waals surface area contributed by atoms with E-state index in [0.29, 0.717) is 0 Å². The number of epoxide rings is 1. The molecule has 0 unspecified atom stereocenters. The Morgan fingerprint density at radius 3 is 2.65 bits per heavy atom. The zero-order valence-electron chi connectivity index (χ0n) is 12.1. The van der Waals surface area contributed by atoms with Gasteiger partial charge in [0.2, 0.25) is 12.5 Å². The van der Waals surface area contributed by atoms with Gasteiger partial charge in [-0.05, 0) is 26.0 Å². The van der Waals surface area contributed by atoms with E-state index in [-0.39, 0.29) is 12.4 Å². The first-order chi connectivity index (χ1) is 9.64. The normalized spacial score (nSPS) is 27.4. The minimum atomic E-state index is -0.218. The monoisotopic (exact) mass is 277 g/mol. The lowest BCUT2D eigenvalue weighted by molar-refractivity contribution is 0.169. The highest BCUT2D eigenvalue weighted by atomic mass is 16.7. The zero-order valence-corrected chi connectivity index (χ0v) is 12.1. The van der Waals surface area contributed by atoms with Crippen molar-refractivity contribution in [2.45, 2.75) is 25.5 Å². The van der Waals surface area contributed by atoms with Crippen molar-refractivity contribution in [2.75, 3.05) is 34.1 Å². The number of hydrogen-bond donors (Lipinski definition) is 0. The molecule has 3 aliphatic rings. The lowest BCUT2D eigenvalue weighted by Gasteiger charge is -2.30. The van der Waals surface area contributed by atoms with Gasteiger partial charge in [-0.3, -0.25) is 0 Å². The van der Waals surface area contributed by atoms with E-state index in [4.69, 9.17) is 18.9 Å². The Labute approximate surface area is 118 Å². The van der Waals surface area contributed by atoms with Crippen molar-refractivity contribution < 1.29 is 18.9 Å². The van der Waals surface area contributed by atoms with Gasteiger partial charge in [-0.2, -0.15) is 0 Å². The molecule has 108 valence electrons. The molecule has 5 heteroatoms. The Kier molecular flexibility index (Phi) is 2.47. The molecule has 3 aliphatic heterocycles. The number of methoxy groups -OCH3 is 1. The summed E-state index contributed by atoms with van der Waals surface area (Å²) in [5.74, 6) is 2.39. The summed E-state index contributed by atoms with van der Waals surface area (Å²) in [7, 11) is 3.82. The fourth-order valence-corrected chi connectivity index (χ4v) is 3.32. The summed E-state index contributed by atoms with van der Waals surface area (Å²) in [5.41, 5.74) is 3.50. The molecule has 3 heterocycles. The van der Waals surface area contributed by atoms with Crippen LogP contribution in [0.2, 0.25) is 0 Å². The number of benzene rings is 1. The van der Waals surface area contributed by atoms with E-state index in [0.717, 1.165) is 43.4 Å². The largest absolute Gasteiger partial charge is 0.492 e. The van der Waals surface area contributed by atoms with Crippen LogP contribution in [0, 0.1) is 0 Å². The van der Waals surface area contributed by atoms with Gasteiger partial charge in [0.05, 0.1) is 13.7 Å². The second-order valence-electron chi connectivity index (χ2n) is 5.94. The maximum absolute atomic E-state index is 5.74. The van der Waals surface area contributed by atoms with Gasteiger partial charge in [0, 0.05) is 24.2 Å². The van der Waals surface area contributed by atoms with Crippen molar-refractivity contribution in [3.05, 3.63) is 16.7 Å². The zero-order chi connectivity index (χ0) is 13.9. The fourth-order valence-electron chi connectivity index (χ4n) is 3.32. The minimum absolute atomic E-state index is 0.218. The molecule has 0 amide bonds. The van der Waals surface area contributed by atoms with E-state index in [9.17, 15) is 0 Å². The van der Waals surface area contributed by atoms with Gasteiger partial charge in [-0.25, -0.2) is 0 Å². The van der Waals surface area contributed by atoms with Gasteiger partial charge in [0.15, 0.2) is 11.5 Å². The Balaban J connectivity index is 2.00. The molecule has 0 radical (unpaired) electrons. The molecule has 1 saturated heterocycles. The molecule has 1 atom stereocenters. The Hall–Kier alpha value is -1.46. The summed E-state index contributed by atoms with van der Waals surface area (Å²) in [6.45, 7) is 5.04. The van der Waals surface area contributed by atoms with Crippen LogP contribution >= 0.6 is 0 Å². The number of fused-ring (bicyclic) bond motifs is 2. The van der Waals surface area contributed by atoms with Crippen LogP contribution in [0.3, 0.4) is 0 Å². The maximum atomic E-state index is 5.74. The Morgan fingerprint density at radius 1 is 1.20 bits per heavy atom. The highest BCUT2D eigenvalue weighted by Crippen LogP contribution is 2.56. The van der Waals surface area contributed by atoms with Crippen molar-refractivity contribution >= 4 is 0 Å². The third-order valence-electron chi connectivity index (χ3n) is 4.47. The van der Waals surface area contributed by atoms with Gasteiger partial charge < -0.3 is 23.8 Å². The fraction of sp³-hybridized carbons (Fsp3) is 0.600. The van der Waals surface area contributed by atoms with Gasteiger partial charge in [-0.15, -0.1) is 0 Å². The average Bonchev–Trinajstić information content (AvgIpc) is 2.99. The molecule has 20 heavy (non-hydrogen) atoms. The first kappa shape index (κ1) is 12.3. The van der Waals surface area contributed by atoms with E-state index in [1.165, 1.54) is 16.7 Å². The molecule has 4 rings (SSSR count). The summed E-state index contributed by atoms with van der Waals surface area (Å²) >= 11 is 0. The van der Waals surface area contributed by atoms with E-state index < -0.39 is 0 Å². The van der Waals surface area contributed by atoms with Crippen molar-refractivity contribution in [3.8, 4) is 17.2 Å². The van der Waals surface area contributed by atoms with E-state index in [1.807, 2.05) is 0 Å². The van der Waals surface area contributed by atoms with Crippen LogP contribution in [0.15, 0.2) is 0 Å². The molecule has 0 saturated carbocycles. The number of ether oxygens (including phenoxy) is 4. The smallest absolute Gasteiger partial charge is 0.231 e. The summed E-state index contributed by atoms with van der Waals surface area (Å²) in [4.78, 5) is 2.30. The van der Waals surface area contributed by atoms with Crippen molar-refractivity contribution in [2.24, 2.45) is 0 Å². The van der Waals surface area contributed by atoms with Crippen LogP contribution in [-0.4, -0.2) is 39.0 Å². The maximum Gasteiger partial charge on any atom is 0.231 e. The second-order valence-corrected chi connectivity index (χ2v) is 5.94. The third-order valence-corrected chi connectivity index (χ3v) is 4.47. The van der Waals surface area contributed by atoms with E-state index >= 15 is 0 Å². The van der Waals surface area contributed by atoms with Crippen LogP contribution in [0.1, 0.15) is 23.6 Å². The van der Waals surface area contributed by atoms with Crippen LogP contribution in [-0.2, 0) is 23.3 Å². The average molecular weight is 277 g/mol. The molecule has 1 aromatic rings. The Morgan fingerprint density at radius 2 is 1.95 bits per heavy atom. The van der Waals surface area contributed by atoms with Crippen LogP contribution in [0.5, 0.6) is 17.2 Å². The molecule has 0 spiro atoms. The molecular formula is C15H19NO4. The SMILES string of the molecule is COc1c2c(c([C@@]3(C)CO3)c3c1OCO3)CCN(C)C2. The predicted octanol–water partition coefficient (Wildman–Crippen LogP) is 1.66. The molecular weight excluding hydrogens is 258 g/mol. The quantitative estimate of drug-likeness (QED) is 0.769. The third kappa shape index (κ3) is 1.56. The first-order valence-electron chi connectivity index (χ1n) is 6.98. The number of hydrogen-bond acceptors (Lipinski definition) is 5. The molecule has 0 aliphatic carbocycles. The number of rotatable bonds is 2. The van der Waals surface area contributed by atoms with Gasteiger partial charge >= 0.3 is 0 Å². The molecule has 0 aromatic heterocycles. The highest BCUT2D eigenvalue weighted by Gasteiger charge is 2.49. The van der Waals surface area contributed by atoms with E-state index in [2.05, 4.69) is 18.9 Å². The van der Waals surface area contributed by atoms with Crippen molar-refractivity contribution in [1.82, 2.24) is 4.90 Å².